The van der Waals surface area contributed by atoms with Crippen molar-refractivity contribution in [2.45, 2.75) is 13.0 Å². The Morgan fingerprint density at radius 1 is 1.11 bits per heavy atom. The van der Waals surface area contributed by atoms with Crippen molar-refractivity contribution in [1.29, 1.82) is 0 Å². The molecule has 0 spiro atoms. The predicted octanol–water partition coefficient (Wildman–Crippen LogP) is 1.99. The van der Waals surface area contributed by atoms with Gasteiger partial charge in [-0.05, 0) is 37.3 Å². The molecule has 1 aliphatic rings. The number of carbonyl (C=O) groups is 2. The fraction of sp³-hybridized carbons (Fsp3) is 0.250. The van der Waals surface area contributed by atoms with Crippen LogP contribution in [0.15, 0.2) is 41.6 Å². The van der Waals surface area contributed by atoms with Crippen molar-refractivity contribution in [1.82, 2.24) is 10.3 Å². The minimum absolute atomic E-state index is 0.0634. The third-order valence-electron chi connectivity index (χ3n) is 4.49. The molecule has 2 N–H and O–H groups in total. The summed E-state index contributed by atoms with van der Waals surface area (Å²) in [5.74, 6) is -0.124. The number of nitrogens with zero attached hydrogens (tertiary/aromatic N) is 1. The van der Waals surface area contributed by atoms with Gasteiger partial charge in [-0.25, -0.2) is 9.78 Å². The molecule has 0 saturated carbocycles. The van der Waals surface area contributed by atoms with Crippen LogP contribution in [-0.4, -0.2) is 43.3 Å². The van der Waals surface area contributed by atoms with Crippen molar-refractivity contribution in [2.24, 2.45) is 0 Å². The number of rotatable bonds is 4. The molecular weight excluding hydrogens is 364 g/mol. The fourth-order valence-corrected chi connectivity index (χ4v) is 3.05. The van der Waals surface area contributed by atoms with Gasteiger partial charge in [-0.2, -0.15) is 0 Å². The van der Waals surface area contributed by atoms with Crippen molar-refractivity contribution in [3.63, 3.8) is 0 Å². The molecule has 8 heteroatoms. The van der Waals surface area contributed by atoms with Gasteiger partial charge in [0.25, 0.3) is 5.91 Å². The molecule has 28 heavy (non-hydrogen) atoms. The second-order valence-corrected chi connectivity index (χ2v) is 6.09. The number of nitrogens with one attached hydrogen (secondary N) is 1. The number of aromatic nitrogens is 1. The Hall–Kier alpha value is -3.39. The van der Waals surface area contributed by atoms with Gasteiger partial charge in [0.1, 0.15) is 6.10 Å². The van der Waals surface area contributed by atoms with Crippen LogP contribution in [0.25, 0.3) is 11.3 Å². The zero-order valence-electron chi connectivity index (χ0n) is 15.9. The Kier molecular flexibility index (Phi) is 5.32. The maximum atomic E-state index is 12.5. The number of benzene rings is 1. The van der Waals surface area contributed by atoms with Crippen LogP contribution in [0.5, 0.6) is 11.5 Å². The summed E-state index contributed by atoms with van der Waals surface area (Å²) in [6, 6.07) is 8.46. The molecule has 0 fully saturated rings. The van der Waals surface area contributed by atoms with E-state index in [9.17, 15) is 14.7 Å². The summed E-state index contributed by atoms with van der Waals surface area (Å²) in [6.45, 7) is 1.52. The van der Waals surface area contributed by atoms with Crippen LogP contribution in [-0.2, 0) is 9.53 Å². The number of esters is 1. The number of methoxy groups -OCH3 is 3. The molecule has 0 aliphatic carbocycles. The van der Waals surface area contributed by atoms with Crippen molar-refractivity contribution >= 4 is 11.9 Å². The number of aliphatic hydroxyl groups is 1. The lowest BCUT2D eigenvalue weighted by molar-refractivity contribution is -0.137. The van der Waals surface area contributed by atoms with Gasteiger partial charge in [-0.3, -0.25) is 4.79 Å². The Balaban J connectivity index is 2.13. The monoisotopic (exact) mass is 384 g/mol. The summed E-state index contributed by atoms with van der Waals surface area (Å²) >= 11 is 0. The first-order chi connectivity index (χ1) is 13.4. The van der Waals surface area contributed by atoms with Gasteiger partial charge >= 0.3 is 5.97 Å². The van der Waals surface area contributed by atoms with Gasteiger partial charge in [0.05, 0.1) is 43.9 Å². The number of hydrogen-bond donors (Lipinski definition) is 2. The number of allylic oxidation sites excluding steroid dienone is 1. The number of hydrogen-bond acceptors (Lipinski definition) is 7. The van der Waals surface area contributed by atoms with Gasteiger partial charge in [0, 0.05) is 11.3 Å². The van der Waals surface area contributed by atoms with Crippen LogP contribution >= 0.6 is 0 Å². The summed E-state index contributed by atoms with van der Waals surface area (Å²) in [6.07, 6.45) is -1.42. The highest BCUT2D eigenvalue weighted by Gasteiger charge is 2.33. The first-order valence-electron chi connectivity index (χ1n) is 8.43. The van der Waals surface area contributed by atoms with E-state index in [0.717, 1.165) is 0 Å². The van der Waals surface area contributed by atoms with Crippen LogP contribution in [0.1, 0.15) is 29.1 Å². The standard InChI is InChI=1S/C20H20N2O6/c1-10-16(20(25)28-4)18(23)17-12(19(24)21-10)6-7-13(22-17)11-5-8-14(26-2)15(9-11)27-3/h5-9,18,23H,1-4H3,(H,21,24). The van der Waals surface area contributed by atoms with Crippen molar-refractivity contribution in [3.05, 3.63) is 52.9 Å². The lowest BCUT2D eigenvalue weighted by atomic mass is 10.0. The van der Waals surface area contributed by atoms with Gasteiger partial charge in [0.15, 0.2) is 11.5 Å². The van der Waals surface area contributed by atoms with Gasteiger partial charge in [-0.15, -0.1) is 0 Å². The van der Waals surface area contributed by atoms with E-state index in [1.807, 2.05) is 0 Å². The van der Waals surface area contributed by atoms with Crippen LogP contribution < -0.4 is 14.8 Å². The molecule has 2 heterocycles. The van der Waals surface area contributed by atoms with Crippen LogP contribution in [0.3, 0.4) is 0 Å². The predicted molar refractivity (Wildman–Crippen MR) is 99.9 cm³/mol. The number of aliphatic hydroxyl groups excluding tert-OH is 1. The Morgan fingerprint density at radius 3 is 2.46 bits per heavy atom. The molecule has 3 rings (SSSR count). The number of pyridine rings is 1. The van der Waals surface area contributed by atoms with Gasteiger partial charge in [0.2, 0.25) is 0 Å². The minimum Gasteiger partial charge on any atom is -0.493 e. The molecular formula is C20H20N2O6. The summed E-state index contributed by atoms with van der Waals surface area (Å²) in [5, 5.41) is 13.4. The van der Waals surface area contributed by atoms with E-state index in [1.165, 1.54) is 28.3 Å². The van der Waals surface area contributed by atoms with Gasteiger partial charge in [-0.1, -0.05) is 0 Å². The summed E-state index contributed by atoms with van der Waals surface area (Å²) in [4.78, 5) is 29.0. The van der Waals surface area contributed by atoms with Crippen molar-refractivity contribution in [2.75, 3.05) is 21.3 Å². The maximum absolute atomic E-state index is 12.5. The summed E-state index contributed by atoms with van der Waals surface area (Å²) in [7, 11) is 4.27. The first kappa shape index (κ1) is 19.4. The molecule has 0 radical (unpaired) electrons. The number of carbonyl (C=O) groups excluding carboxylic acids is 2. The largest absolute Gasteiger partial charge is 0.493 e. The van der Waals surface area contributed by atoms with E-state index in [1.54, 1.807) is 30.3 Å². The SMILES string of the molecule is COC(=O)C1=C(C)NC(=O)c2ccc(-c3ccc(OC)c(OC)c3)nc2C1O. The maximum Gasteiger partial charge on any atom is 0.338 e. The van der Waals surface area contributed by atoms with Crippen LogP contribution in [0.4, 0.5) is 0 Å². The Bertz CT molecular complexity index is 983. The highest BCUT2D eigenvalue weighted by Crippen LogP contribution is 2.34. The van der Waals surface area contributed by atoms with E-state index in [2.05, 4.69) is 10.3 Å². The molecule has 0 saturated heterocycles. The molecule has 1 aromatic heterocycles. The molecule has 0 bridgehead atoms. The average Bonchev–Trinajstić information content (AvgIpc) is 2.80. The number of ether oxygens (including phenoxy) is 3. The molecule has 1 amide bonds. The number of fused-ring (bicyclic) bond motifs is 1. The smallest absolute Gasteiger partial charge is 0.338 e. The zero-order valence-corrected chi connectivity index (χ0v) is 15.9. The normalized spacial score (nSPS) is 16.0. The highest BCUT2D eigenvalue weighted by molar-refractivity contribution is 6.01. The molecule has 1 aromatic carbocycles. The topological polar surface area (TPSA) is 107 Å². The molecule has 1 atom stereocenters. The third kappa shape index (κ3) is 3.29. The van der Waals surface area contributed by atoms with Crippen LogP contribution in [0, 0.1) is 0 Å². The van der Waals surface area contributed by atoms with E-state index in [4.69, 9.17) is 14.2 Å². The fourth-order valence-electron chi connectivity index (χ4n) is 3.05. The first-order valence-corrected chi connectivity index (χ1v) is 8.43. The van der Waals surface area contributed by atoms with E-state index < -0.39 is 18.0 Å². The second-order valence-electron chi connectivity index (χ2n) is 6.09. The Labute approximate surface area is 161 Å². The minimum atomic E-state index is -1.42. The highest BCUT2D eigenvalue weighted by atomic mass is 16.5. The van der Waals surface area contributed by atoms with Crippen molar-refractivity contribution < 1.29 is 28.9 Å². The Morgan fingerprint density at radius 2 is 1.82 bits per heavy atom. The lowest BCUT2D eigenvalue weighted by Gasteiger charge is -2.15. The van der Waals surface area contributed by atoms with E-state index >= 15 is 0 Å². The lowest BCUT2D eigenvalue weighted by Crippen LogP contribution is -2.22. The molecule has 146 valence electrons. The quantitative estimate of drug-likeness (QED) is 0.776. The van der Waals surface area contributed by atoms with E-state index in [0.29, 0.717) is 22.8 Å². The molecule has 1 unspecified atom stereocenters. The van der Waals surface area contributed by atoms with E-state index in [-0.39, 0.29) is 22.5 Å². The molecule has 8 nitrogen and oxygen atoms in total. The zero-order chi connectivity index (χ0) is 20.4. The number of amides is 1. The summed E-state index contributed by atoms with van der Waals surface area (Å²) < 4.78 is 15.3. The third-order valence-corrected chi connectivity index (χ3v) is 4.49. The van der Waals surface area contributed by atoms with Crippen LogP contribution in [0.2, 0.25) is 0 Å². The molecule has 1 aliphatic heterocycles. The second kappa shape index (κ2) is 7.69. The summed E-state index contributed by atoms with van der Waals surface area (Å²) in [5.41, 5.74) is 1.59. The average molecular weight is 384 g/mol. The van der Waals surface area contributed by atoms with Gasteiger partial charge < -0.3 is 24.6 Å². The van der Waals surface area contributed by atoms with Crippen molar-refractivity contribution in [3.8, 4) is 22.8 Å². The molecule has 2 aromatic rings.